The maximum Gasteiger partial charge on any atom is 0.243 e. The molecule has 3 aromatic rings. The van der Waals surface area contributed by atoms with Crippen molar-refractivity contribution in [3.63, 3.8) is 0 Å². The second-order valence-electron chi connectivity index (χ2n) is 7.09. The Morgan fingerprint density at radius 1 is 1.25 bits per heavy atom. The summed E-state index contributed by atoms with van der Waals surface area (Å²) in [4.78, 5) is 7.17. The fraction of sp³-hybridized carbons (Fsp3) is 0.368. The first-order valence-electron chi connectivity index (χ1n) is 9.17. The second kappa shape index (κ2) is 7.69. The van der Waals surface area contributed by atoms with E-state index in [2.05, 4.69) is 17.2 Å². The SMILES string of the molecule is C[C@H]1CCCN(S(=O)(=O)c2ccc3nnn(OCc4ccccc4Cl)c3c2)C1. The molecule has 0 unspecified atom stereocenters. The van der Waals surface area contributed by atoms with Gasteiger partial charge in [0.1, 0.15) is 17.6 Å². The molecule has 2 heterocycles. The highest BCUT2D eigenvalue weighted by Crippen LogP contribution is 2.25. The predicted octanol–water partition coefficient (Wildman–Crippen LogP) is 3.13. The summed E-state index contributed by atoms with van der Waals surface area (Å²) < 4.78 is 27.7. The van der Waals surface area contributed by atoms with E-state index in [0.29, 0.717) is 35.1 Å². The third-order valence-corrected chi connectivity index (χ3v) is 7.17. The normalized spacial score (nSPS) is 18.4. The quantitative estimate of drug-likeness (QED) is 0.633. The lowest BCUT2D eigenvalue weighted by atomic mass is 10.0. The molecule has 0 radical (unpaired) electrons. The lowest BCUT2D eigenvalue weighted by Gasteiger charge is -2.30. The van der Waals surface area contributed by atoms with Gasteiger partial charge in [-0.15, -0.1) is 5.10 Å². The average molecular weight is 421 g/mol. The zero-order chi connectivity index (χ0) is 19.7. The van der Waals surface area contributed by atoms with Gasteiger partial charge >= 0.3 is 0 Å². The lowest BCUT2D eigenvalue weighted by molar-refractivity contribution is 0.0751. The molecule has 148 valence electrons. The van der Waals surface area contributed by atoms with Gasteiger partial charge < -0.3 is 4.84 Å². The van der Waals surface area contributed by atoms with Crippen LogP contribution in [-0.2, 0) is 16.6 Å². The molecule has 1 atom stereocenters. The molecule has 0 saturated carbocycles. The molecule has 0 aliphatic carbocycles. The Bertz CT molecular complexity index is 1100. The Balaban J connectivity index is 1.62. The van der Waals surface area contributed by atoms with E-state index in [4.69, 9.17) is 16.4 Å². The Labute approximate surface area is 168 Å². The lowest BCUT2D eigenvalue weighted by Crippen LogP contribution is -2.39. The summed E-state index contributed by atoms with van der Waals surface area (Å²) in [5.74, 6) is 0.360. The van der Waals surface area contributed by atoms with Crippen LogP contribution < -0.4 is 4.84 Å². The third-order valence-electron chi connectivity index (χ3n) is 4.94. The molecule has 1 aromatic heterocycles. The minimum Gasteiger partial charge on any atom is -0.390 e. The largest absolute Gasteiger partial charge is 0.390 e. The smallest absolute Gasteiger partial charge is 0.243 e. The van der Waals surface area contributed by atoms with Gasteiger partial charge in [-0.2, -0.15) is 4.31 Å². The van der Waals surface area contributed by atoms with Crippen LogP contribution in [-0.4, -0.2) is 41.0 Å². The molecule has 1 saturated heterocycles. The summed E-state index contributed by atoms with van der Waals surface area (Å²) in [6.07, 6.45) is 1.93. The average Bonchev–Trinajstić information content (AvgIpc) is 3.10. The number of rotatable bonds is 5. The topological polar surface area (TPSA) is 77.3 Å². The highest BCUT2D eigenvalue weighted by atomic mass is 35.5. The van der Waals surface area contributed by atoms with Crippen LogP contribution in [0.5, 0.6) is 0 Å². The summed E-state index contributed by atoms with van der Waals surface area (Å²) in [5, 5.41) is 8.62. The van der Waals surface area contributed by atoms with Crippen LogP contribution in [0.4, 0.5) is 0 Å². The van der Waals surface area contributed by atoms with Crippen LogP contribution in [0.15, 0.2) is 47.4 Å². The molecule has 0 bridgehead atoms. The molecule has 1 aliphatic rings. The van der Waals surface area contributed by atoms with Gasteiger partial charge in [-0.3, -0.25) is 0 Å². The predicted molar refractivity (Wildman–Crippen MR) is 106 cm³/mol. The summed E-state index contributed by atoms with van der Waals surface area (Å²) in [5.41, 5.74) is 1.86. The van der Waals surface area contributed by atoms with Gasteiger partial charge in [-0.1, -0.05) is 41.6 Å². The van der Waals surface area contributed by atoms with Crippen molar-refractivity contribution in [3.8, 4) is 0 Å². The van der Waals surface area contributed by atoms with Crippen molar-refractivity contribution in [2.45, 2.75) is 31.3 Å². The third kappa shape index (κ3) is 3.72. The van der Waals surface area contributed by atoms with E-state index < -0.39 is 10.0 Å². The van der Waals surface area contributed by atoms with Crippen LogP contribution >= 0.6 is 11.6 Å². The molecule has 0 spiro atoms. The number of piperidine rings is 1. The molecule has 4 rings (SSSR count). The molecular weight excluding hydrogens is 400 g/mol. The van der Waals surface area contributed by atoms with Gasteiger partial charge in [0.15, 0.2) is 0 Å². The van der Waals surface area contributed by atoms with E-state index in [9.17, 15) is 8.42 Å². The molecule has 7 nitrogen and oxygen atoms in total. The monoisotopic (exact) mass is 420 g/mol. The first-order chi connectivity index (χ1) is 13.4. The highest BCUT2D eigenvalue weighted by molar-refractivity contribution is 7.89. The van der Waals surface area contributed by atoms with Crippen molar-refractivity contribution < 1.29 is 13.3 Å². The standard InChI is InChI=1S/C19H21ClN4O3S/c1-14-5-4-10-23(12-14)28(25,26)16-8-9-18-19(11-16)24(22-21-18)27-13-15-6-2-3-7-17(15)20/h2-3,6-9,11,14H,4-5,10,12-13H2,1H3/t14-/m0/s1. The minimum atomic E-state index is -3.57. The highest BCUT2D eigenvalue weighted by Gasteiger charge is 2.29. The number of halogens is 1. The Kier molecular flexibility index (Phi) is 5.27. The number of hydrogen-bond donors (Lipinski definition) is 0. The van der Waals surface area contributed by atoms with Crippen LogP contribution in [0, 0.1) is 5.92 Å². The summed E-state index contributed by atoms with van der Waals surface area (Å²) in [7, 11) is -3.57. The van der Waals surface area contributed by atoms with E-state index in [1.54, 1.807) is 28.6 Å². The molecule has 0 amide bonds. The van der Waals surface area contributed by atoms with Crippen LogP contribution in [0.2, 0.25) is 5.02 Å². The first-order valence-corrected chi connectivity index (χ1v) is 11.0. The summed E-state index contributed by atoms with van der Waals surface area (Å²) >= 11 is 6.16. The zero-order valence-electron chi connectivity index (χ0n) is 15.5. The maximum atomic E-state index is 13.1. The van der Waals surface area contributed by atoms with Crippen molar-refractivity contribution >= 4 is 32.7 Å². The number of aromatic nitrogens is 3. The van der Waals surface area contributed by atoms with E-state index >= 15 is 0 Å². The molecule has 1 fully saturated rings. The van der Waals surface area contributed by atoms with Gasteiger partial charge in [-0.25, -0.2) is 8.42 Å². The van der Waals surface area contributed by atoms with E-state index in [-0.39, 0.29) is 11.5 Å². The summed E-state index contributed by atoms with van der Waals surface area (Å²) in [6, 6.07) is 12.1. The second-order valence-corrected chi connectivity index (χ2v) is 9.43. The number of nitrogens with zero attached hydrogens (tertiary/aromatic N) is 4. The molecule has 28 heavy (non-hydrogen) atoms. The number of benzene rings is 2. The van der Waals surface area contributed by atoms with Gasteiger partial charge in [0, 0.05) is 23.7 Å². The van der Waals surface area contributed by atoms with Gasteiger partial charge in [0.2, 0.25) is 10.0 Å². The minimum absolute atomic E-state index is 0.193. The number of fused-ring (bicyclic) bond motifs is 1. The molecule has 1 aliphatic heterocycles. The molecule has 0 N–H and O–H groups in total. The number of sulfonamides is 1. The van der Waals surface area contributed by atoms with Crippen molar-refractivity contribution in [3.05, 3.63) is 53.1 Å². The van der Waals surface area contributed by atoms with E-state index in [1.807, 2.05) is 18.2 Å². The molecule has 2 aromatic carbocycles. The van der Waals surface area contributed by atoms with Crippen molar-refractivity contribution in [2.24, 2.45) is 5.92 Å². The molecule has 9 heteroatoms. The van der Waals surface area contributed by atoms with Crippen molar-refractivity contribution in [1.82, 2.24) is 19.5 Å². The van der Waals surface area contributed by atoms with Gasteiger partial charge in [0.05, 0.1) is 4.90 Å². The first kappa shape index (κ1) is 19.2. The van der Waals surface area contributed by atoms with Gasteiger partial charge in [0.25, 0.3) is 0 Å². The zero-order valence-corrected chi connectivity index (χ0v) is 17.0. The fourth-order valence-electron chi connectivity index (χ4n) is 3.39. The summed E-state index contributed by atoms with van der Waals surface area (Å²) in [6.45, 7) is 3.36. The van der Waals surface area contributed by atoms with Crippen LogP contribution in [0.1, 0.15) is 25.3 Å². The van der Waals surface area contributed by atoms with Gasteiger partial charge in [-0.05, 0) is 48.2 Å². The Morgan fingerprint density at radius 3 is 2.86 bits per heavy atom. The number of hydrogen-bond acceptors (Lipinski definition) is 5. The van der Waals surface area contributed by atoms with Crippen LogP contribution in [0.3, 0.4) is 0 Å². The Morgan fingerprint density at radius 2 is 2.07 bits per heavy atom. The van der Waals surface area contributed by atoms with E-state index in [0.717, 1.165) is 18.4 Å². The van der Waals surface area contributed by atoms with Crippen molar-refractivity contribution in [2.75, 3.05) is 13.1 Å². The van der Waals surface area contributed by atoms with Crippen LogP contribution in [0.25, 0.3) is 11.0 Å². The fourth-order valence-corrected chi connectivity index (χ4v) is 5.20. The Hall–Kier alpha value is -2.16. The van der Waals surface area contributed by atoms with Crippen molar-refractivity contribution in [1.29, 1.82) is 0 Å². The van der Waals surface area contributed by atoms with E-state index in [1.165, 1.54) is 4.85 Å². The maximum absolute atomic E-state index is 13.1. The molecular formula is C19H21ClN4O3S.